The lowest BCUT2D eigenvalue weighted by molar-refractivity contribution is -0.359. The summed E-state index contributed by atoms with van der Waals surface area (Å²) in [5.74, 6) is -6.94. The van der Waals surface area contributed by atoms with Crippen LogP contribution in [0.5, 0.6) is 0 Å². The normalized spacial score (nSPS) is 19.4. The van der Waals surface area contributed by atoms with E-state index in [4.69, 9.17) is 9.29 Å². The number of ether oxygens (including phenoxy) is 4. The van der Waals surface area contributed by atoms with E-state index in [0.29, 0.717) is 25.7 Å². The molecule has 0 aromatic heterocycles. The second-order valence-corrected chi connectivity index (χ2v) is 6.84. The predicted molar refractivity (Wildman–Crippen MR) is 81.5 cm³/mol. The van der Waals surface area contributed by atoms with Crippen molar-refractivity contribution in [3.05, 3.63) is 0 Å². The third kappa shape index (κ3) is 6.24. The molecule has 14 heteroatoms. The molecule has 0 aromatic carbocycles. The van der Waals surface area contributed by atoms with Crippen LogP contribution in [0, 0.1) is 0 Å². The topological polar surface area (TPSA) is 108 Å². The average molecular weight is 442 g/mol. The number of carbonyl (C=O) groups is 2. The van der Waals surface area contributed by atoms with Crippen molar-refractivity contribution in [2.24, 2.45) is 0 Å². The Hall–Kier alpha value is -1.54. The average Bonchev–Trinajstić information content (AvgIpc) is 2.58. The summed E-state index contributed by atoms with van der Waals surface area (Å²) in [6.45, 7) is -1.90. The van der Waals surface area contributed by atoms with Crippen molar-refractivity contribution in [2.45, 2.75) is 62.3 Å². The van der Waals surface area contributed by atoms with Crippen LogP contribution in [0.15, 0.2) is 0 Å². The second-order valence-electron chi connectivity index (χ2n) is 5.74. The molecule has 0 amide bonds. The molecule has 0 spiro atoms. The van der Waals surface area contributed by atoms with Gasteiger partial charge >= 0.3 is 29.3 Å². The van der Waals surface area contributed by atoms with Gasteiger partial charge in [-0.05, 0) is 32.6 Å². The molecule has 1 saturated carbocycles. The van der Waals surface area contributed by atoms with Crippen LogP contribution in [-0.2, 0) is 34.8 Å². The Balaban J connectivity index is 3.10. The van der Waals surface area contributed by atoms with Gasteiger partial charge in [0.05, 0.1) is 6.61 Å². The molecule has 2 unspecified atom stereocenters. The molecule has 164 valence electrons. The lowest BCUT2D eigenvalue weighted by Gasteiger charge is -2.33. The van der Waals surface area contributed by atoms with Crippen LogP contribution in [0.2, 0.25) is 0 Å². The van der Waals surface area contributed by atoms with E-state index in [1.54, 1.807) is 0 Å². The Kier molecular flexibility index (Phi) is 8.56. The molecule has 1 aliphatic rings. The highest BCUT2D eigenvalue weighted by Gasteiger charge is 2.69. The van der Waals surface area contributed by atoms with Gasteiger partial charge in [-0.25, -0.2) is 13.8 Å². The molecule has 0 saturated heterocycles. The summed E-state index contributed by atoms with van der Waals surface area (Å²) in [4.78, 5) is 23.7. The van der Waals surface area contributed by atoms with Crippen molar-refractivity contribution in [1.29, 1.82) is 0 Å². The molecule has 0 aliphatic heterocycles. The smallest absolute Gasteiger partial charge is 0.461 e. The minimum absolute atomic E-state index is 0.343. The van der Waals surface area contributed by atoms with E-state index in [1.807, 2.05) is 0 Å². The molecule has 1 aliphatic carbocycles. The molecule has 28 heavy (non-hydrogen) atoms. The van der Waals surface area contributed by atoms with Crippen molar-refractivity contribution in [3.8, 4) is 0 Å². The zero-order valence-corrected chi connectivity index (χ0v) is 15.4. The number of hydrogen-bond donors (Lipinski definition) is 1. The molecule has 0 radical (unpaired) electrons. The van der Waals surface area contributed by atoms with Gasteiger partial charge in [-0.2, -0.15) is 22.0 Å². The molecule has 1 N–H and O–H groups in total. The molecule has 1 fully saturated rings. The highest BCUT2D eigenvalue weighted by atomic mass is 32.2. The maximum Gasteiger partial charge on any atom is 0.511 e. The first kappa shape index (κ1) is 24.5. The van der Waals surface area contributed by atoms with Gasteiger partial charge in [0.15, 0.2) is 0 Å². The van der Waals surface area contributed by atoms with E-state index in [0.717, 1.165) is 13.3 Å². The van der Waals surface area contributed by atoms with E-state index >= 15 is 0 Å². The molecular weight excluding hydrogens is 423 g/mol. The molecule has 8 nitrogen and oxygen atoms in total. The van der Waals surface area contributed by atoms with Gasteiger partial charge in [0, 0.05) is 0 Å². The summed E-state index contributed by atoms with van der Waals surface area (Å²) < 4.78 is 103. The van der Waals surface area contributed by atoms with Gasteiger partial charge in [0.1, 0.15) is 12.7 Å². The fourth-order valence-corrected chi connectivity index (χ4v) is 2.47. The zero-order valence-electron chi connectivity index (χ0n) is 14.6. The van der Waals surface area contributed by atoms with Crippen LogP contribution >= 0.6 is 0 Å². The van der Waals surface area contributed by atoms with Crippen molar-refractivity contribution >= 4 is 23.2 Å². The molecular formula is C14H19F5O8S. The monoisotopic (exact) mass is 442 g/mol. The number of esters is 1. The first-order valence-electron chi connectivity index (χ1n) is 8.12. The van der Waals surface area contributed by atoms with Crippen LogP contribution in [0.4, 0.5) is 26.7 Å². The second kappa shape index (κ2) is 9.78. The summed E-state index contributed by atoms with van der Waals surface area (Å²) >= 11 is -3.92. The van der Waals surface area contributed by atoms with Gasteiger partial charge in [-0.15, -0.1) is 0 Å². The first-order chi connectivity index (χ1) is 12.9. The van der Waals surface area contributed by atoms with Gasteiger partial charge in [0.25, 0.3) is 0 Å². The van der Waals surface area contributed by atoms with Crippen molar-refractivity contribution < 1.29 is 59.3 Å². The maximum atomic E-state index is 13.5. The van der Waals surface area contributed by atoms with E-state index in [-0.39, 0.29) is 0 Å². The highest BCUT2D eigenvalue weighted by Crippen LogP contribution is 2.38. The number of hydrogen-bond acceptors (Lipinski definition) is 7. The largest absolute Gasteiger partial charge is 0.511 e. The lowest BCUT2D eigenvalue weighted by Crippen LogP contribution is -2.59. The number of carbonyl (C=O) groups excluding carboxylic acids is 2. The zero-order chi connectivity index (χ0) is 21.6. The van der Waals surface area contributed by atoms with Gasteiger partial charge in [-0.1, -0.05) is 6.42 Å². The number of halogens is 5. The molecule has 1 rings (SSSR count). The SMILES string of the molecule is CCOC(=O)C(OCC(F)(F)S(=O)O)(OC(=O)OC1CCCCC1)C(F)(F)F. The summed E-state index contributed by atoms with van der Waals surface area (Å²) in [5, 5.41) is -4.69. The molecule has 0 bridgehead atoms. The van der Waals surface area contributed by atoms with Gasteiger partial charge in [-0.3, -0.25) is 0 Å². The fourth-order valence-electron chi connectivity index (χ4n) is 2.31. The summed E-state index contributed by atoms with van der Waals surface area (Å²) in [7, 11) is 0. The third-order valence-corrected chi connectivity index (χ3v) is 4.29. The van der Waals surface area contributed by atoms with E-state index in [2.05, 4.69) is 14.2 Å². The highest BCUT2D eigenvalue weighted by molar-refractivity contribution is 7.80. The quantitative estimate of drug-likeness (QED) is 0.264. The maximum absolute atomic E-state index is 13.5. The summed E-state index contributed by atoms with van der Waals surface area (Å²) in [6.07, 6.45) is -5.81. The minimum atomic E-state index is -5.86. The Morgan fingerprint density at radius 2 is 1.68 bits per heavy atom. The van der Waals surface area contributed by atoms with Crippen molar-refractivity contribution in [3.63, 3.8) is 0 Å². The van der Waals surface area contributed by atoms with Crippen molar-refractivity contribution in [1.82, 2.24) is 0 Å². The van der Waals surface area contributed by atoms with Crippen LogP contribution in [0.25, 0.3) is 0 Å². The fraction of sp³-hybridized carbons (Fsp3) is 0.857. The summed E-state index contributed by atoms with van der Waals surface area (Å²) in [6, 6.07) is 0. The first-order valence-corrected chi connectivity index (χ1v) is 9.22. The van der Waals surface area contributed by atoms with Crippen LogP contribution in [0.1, 0.15) is 39.0 Å². The Morgan fingerprint density at radius 1 is 1.11 bits per heavy atom. The van der Waals surface area contributed by atoms with E-state index in [9.17, 15) is 35.8 Å². The number of rotatable bonds is 8. The van der Waals surface area contributed by atoms with Gasteiger partial charge in [0.2, 0.25) is 11.1 Å². The molecule has 0 aromatic rings. The Morgan fingerprint density at radius 3 is 2.14 bits per heavy atom. The van der Waals surface area contributed by atoms with Crippen LogP contribution in [-0.4, -0.2) is 57.4 Å². The summed E-state index contributed by atoms with van der Waals surface area (Å²) in [5.41, 5.74) is 0. The van der Waals surface area contributed by atoms with Crippen LogP contribution in [0.3, 0.4) is 0 Å². The van der Waals surface area contributed by atoms with E-state index < -0.39 is 59.7 Å². The predicted octanol–water partition coefficient (Wildman–Crippen LogP) is 3.13. The lowest BCUT2D eigenvalue weighted by atomic mass is 9.98. The van der Waals surface area contributed by atoms with E-state index in [1.165, 1.54) is 0 Å². The number of alkyl halides is 5. The minimum Gasteiger partial charge on any atom is -0.461 e. The third-order valence-electron chi connectivity index (χ3n) is 3.66. The van der Waals surface area contributed by atoms with Crippen molar-refractivity contribution in [2.75, 3.05) is 13.2 Å². The Bertz CT molecular complexity index is 579. The van der Waals surface area contributed by atoms with Crippen LogP contribution < -0.4 is 0 Å². The standard InChI is InChI=1S/C14H19F5O8S/c1-2-24-10(20)13(14(17,18)19,25-8-12(15,16)28(22)23)27-11(21)26-9-6-4-3-5-7-9/h9H,2-8H2,1H3,(H,22,23). The Labute approximate surface area is 158 Å². The molecule has 0 heterocycles. The molecule has 2 atom stereocenters. The van der Waals surface area contributed by atoms with Gasteiger partial charge < -0.3 is 23.5 Å².